The smallest absolute Gasteiger partial charge is 0.410 e. The molecule has 1 saturated heterocycles. The Bertz CT molecular complexity index is 1990. The van der Waals surface area contributed by atoms with Crippen LogP contribution >= 0.6 is 0 Å². The highest BCUT2D eigenvalue weighted by Crippen LogP contribution is 2.46. The molecule has 16 nitrogen and oxygen atoms in total. The standard InChI is InChI=1S/C39H51N5O11S/c1-7-23-16-39(23,34(47)42-56(50,51)25-11-12-25)41-32(45)28-15-24-18-44(28)33(46)31(37(2,3)4)40-35(48)52-20-38(5,6)13-9-8-10-26-27-19-43(36(49)55-24)17-22(27)14-29-30(26)54-21-53-29/h7-8,10,14,23-25,28,31H,1,9,11-13,15-21H2,2-6H3,(H,40,48)(H,41,45)(H,42,47)/b10-8-/t23-,24+,28?,31+,39-/m0/s1. The van der Waals surface area contributed by atoms with Crippen LogP contribution in [0.2, 0.25) is 0 Å². The highest BCUT2D eigenvalue weighted by atomic mass is 32.2. The summed E-state index contributed by atoms with van der Waals surface area (Å²) in [5.41, 5.74) is -0.333. The quantitative estimate of drug-likeness (QED) is 0.356. The minimum absolute atomic E-state index is 0.0671. The number of allylic oxidation sites excluding steroid dienone is 1. The Balaban J connectivity index is 1.18. The number of ether oxygens (including phenoxy) is 4. The van der Waals surface area contributed by atoms with Crippen LogP contribution in [0, 0.1) is 16.7 Å². The molecule has 5 atom stereocenters. The van der Waals surface area contributed by atoms with Crippen LogP contribution in [-0.2, 0) is 47.0 Å². The normalized spacial score (nSPS) is 29.4. The zero-order valence-corrected chi connectivity index (χ0v) is 33.3. The van der Waals surface area contributed by atoms with Gasteiger partial charge in [0.1, 0.15) is 23.7 Å². The molecule has 17 heteroatoms. The number of cyclic esters (lactones) is 1. The Morgan fingerprint density at radius 2 is 1.84 bits per heavy atom. The highest BCUT2D eigenvalue weighted by Gasteiger charge is 2.62. The van der Waals surface area contributed by atoms with Gasteiger partial charge in [-0.15, -0.1) is 6.58 Å². The third-order valence-corrected chi connectivity index (χ3v) is 13.3. The van der Waals surface area contributed by atoms with Crippen LogP contribution < -0.4 is 24.8 Å². The van der Waals surface area contributed by atoms with Crippen LogP contribution in [0.5, 0.6) is 11.5 Å². The van der Waals surface area contributed by atoms with Gasteiger partial charge in [-0.25, -0.2) is 18.0 Å². The van der Waals surface area contributed by atoms with Crippen molar-refractivity contribution in [3.63, 3.8) is 0 Å². The zero-order valence-electron chi connectivity index (χ0n) is 32.5. The number of fused-ring (bicyclic) bond motifs is 5. The lowest BCUT2D eigenvalue weighted by Gasteiger charge is -2.35. The summed E-state index contributed by atoms with van der Waals surface area (Å²) >= 11 is 0. The van der Waals surface area contributed by atoms with E-state index >= 15 is 0 Å². The Hall–Kier alpha value is -4.80. The first-order valence-corrected chi connectivity index (χ1v) is 20.7. The summed E-state index contributed by atoms with van der Waals surface area (Å²) in [5, 5.41) is 4.80. The molecule has 4 aliphatic heterocycles. The van der Waals surface area contributed by atoms with E-state index in [2.05, 4.69) is 21.9 Å². The van der Waals surface area contributed by atoms with Crippen LogP contribution in [0.3, 0.4) is 0 Å². The molecule has 1 unspecified atom stereocenters. The number of nitrogens with zero attached hydrogens (tertiary/aromatic N) is 2. The molecule has 2 aliphatic carbocycles. The van der Waals surface area contributed by atoms with Crippen molar-refractivity contribution in [3.05, 3.63) is 41.5 Å². The molecule has 5 amide bonds. The lowest BCUT2D eigenvalue weighted by molar-refractivity contribution is -0.143. The fraction of sp³-hybridized carbons (Fsp3) is 0.615. The van der Waals surface area contributed by atoms with Crippen molar-refractivity contribution in [2.45, 2.75) is 115 Å². The van der Waals surface area contributed by atoms with E-state index in [1.807, 2.05) is 32.1 Å². The summed E-state index contributed by atoms with van der Waals surface area (Å²) in [4.78, 5) is 72.3. The van der Waals surface area contributed by atoms with Gasteiger partial charge in [-0.05, 0) is 60.1 Å². The van der Waals surface area contributed by atoms with Crippen molar-refractivity contribution in [2.75, 3.05) is 19.9 Å². The Kier molecular flexibility index (Phi) is 10.1. The number of rotatable bonds is 6. The molecule has 56 heavy (non-hydrogen) atoms. The van der Waals surface area contributed by atoms with Crippen molar-refractivity contribution in [3.8, 4) is 11.5 Å². The van der Waals surface area contributed by atoms with E-state index in [0.717, 1.165) is 16.7 Å². The first-order valence-electron chi connectivity index (χ1n) is 19.1. The SMILES string of the molecule is C=C[C@H]1C[C@@]1(NC(=O)C1C[C@@H]2CN1C(=O)[C@H](C(C)(C)C)NC(=O)OCC(C)(C)CC/C=C\c1c3c(cc4c1OCO4)CN(C3)C(=O)O2)C(=O)NS(=O)(=O)C1CC1. The Morgan fingerprint density at radius 1 is 1.09 bits per heavy atom. The van der Waals surface area contributed by atoms with E-state index in [1.165, 1.54) is 15.9 Å². The van der Waals surface area contributed by atoms with Crippen LogP contribution in [-0.4, -0.2) is 97.0 Å². The summed E-state index contributed by atoms with van der Waals surface area (Å²) in [6, 6.07) is -0.560. The molecule has 3 N–H and O–H groups in total. The lowest BCUT2D eigenvalue weighted by atomic mass is 9.85. The van der Waals surface area contributed by atoms with E-state index in [9.17, 15) is 32.4 Å². The van der Waals surface area contributed by atoms with Gasteiger partial charge in [0.05, 0.1) is 24.9 Å². The van der Waals surface area contributed by atoms with Crippen LogP contribution in [0.1, 0.15) is 89.8 Å². The van der Waals surface area contributed by atoms with E-state index in [4.69, 9.17) is 18.9 Å². The van der Waals surface area contributed by atoms with E-state index in [-0.39, 0.29) is 45.9 Å². The molecular formula is C39H51N5O11S. The summed E-state index contributed by atoms with van der Waals surface area (Å²) in [7, 11) is -3.93. The molecule has 0 aromatic heterocycles. The number of amides is 5. The molecule has 2 saturated carbocycles. The number of carbonyl (C=O) groups excluding carboxylic acids is 5. The number of hydrogen-bond acceptors (Lipinski definition) is 11. The second-order valence-corrected chi connectivity index (χ2v) is 19.5. The molecule has 4 bridgehead atoms. The van der Waals surface area contributed by atoms with Gasteiger partial charge in [0.2, 0.25) is 28.6 Å². The van der Waals surface area contributed by atoms with Gasteiger partial charge in [-0.3, -0.25) is 24.0 Å². The average molecular weight is 798 g/mol. The average Bonchev–Trinajstić information content (AvgIpc) is 3.94. The van der Waals surface area contributed by atoms with Gasteiger partial charge in [-0.1, -0.05) is 52.8 Å². The van der Waals surface area contributed by atoms with Gasteiger partial charge < -0.3 is 34.5 Å². The fourth-order valence-electron chi connectivity index (χ4n) is 7.84. The number of sulfonamides is 1. The number of alkyl carbamates (subject to hydrolysis) is 1. The zero-order chi connectivity index (χ0) is 40.4. The minimum atomic E-state index is -3.93. The van der Waals surface area contributed by atoms with Crippen molar-refractivity contribution >= 4 is 46.0 Å². The number of carbonyl (C=O) groups is 5. The predicted octanol–water partition coefficient (Wildman–Crippen LogP) is 3.48. The summed E-state index contributed by atoms with van der Waals surface area (Å²) < 4.78 is 50.8. The molecule has 4 heterocycles. The molecule has 6 aliphatic rings. The van der Waals surface area contributed by atoms with Gasteiger partial charge in [0, 0.05) is 24.4 Å². The van der Waals surface area contributed by atoms with E-state index in [1.54, 1.807) is 20.8 Å². The number of nitrogens with one attached hydrogen (secondary N) is 3. The van der Waals surface area contributed by atoms with Crippen molar-refractivity contribution < 1.29 is 51.3 Å². The molecule has 304 valence electrons. The summed E-state index contributed by atoms with van der Waals surface area (Å²) in [5.74, 6) is -1.63. The lowest BCUT2D eigenvalue weighted by Crippen LogP contribution is -2.60. The monoisotopic (exact) mass is 797 g/mol. The van der Waals surface area contributed by atoms with Crippen LogP contribution in [0.15, 0.2) is 24.8 Å². The van der Waals surface area contributed by atoms with Gasteiger partial charge in [-0.2, -0.15) is 0 Å². The van der Waals surface area contributed by atoms with Gasteiger partial charge in [0.15, 0.2) is 11.5 Å². The molecule has 0 radical (unpaired) electrons. The highest BCUT2D eigenvalue weighted by molar-refractivity contribution is 7.91. The fourth-order valence-corrected chi connectivity index (χ4v) is 9.20. The Morgan fingerprint density at radius 3 is 2.52 bits per heavy atom. The third kappa shape index (κ3) is 7.78. The first kappa shape index (κ1) is 39.4. The van der Waals surface area contributed by atoms with Gasteiger partial charge in [0.25, 0.3) is 5.91 Å². The molecule has 1 aromatic carbocycles. The second-order valence-electron chi connectivity index (χ2n) is 17.6. The topological polar surface area (TPSA) is 199 Å². The van der Waals surface area contributed by atoms with E-state index in [0.29, 0.717) is 37.2 Å². The van der Waals surface area contributed by atoms with Crippen molar-refractivity contribution in [1.82, 2.24) is 25.2 Å². The van der Waals surface area contributed by atoms with Crippen LogP contribution in [0.25, 0.3) is 6.08 Å². The van der Waals surface area contributed by atoms with Crippen LogP contribution in [0.4, 0.5) is 9.59 Å². The maximum atomic E-state index is 14.5. The maximum absolute atomic E-state index is 14.5. The number of benzene rings is 1. The van der Waals surface area contributed by atoms with Crippen molar-refractivity contribution in [2.24, 2.45) is 16.7 Å². The predicted molar refractivity (Wildman–Crippen MR) is 201 cm³/mol. The second kappa shape index (κ2) is 14.3. The van der Waals surface area contributed by atoms with Gasteiger partial charge >= 0.3 is 12.2 Å². The molecule has 0 spiro atoms. The van der Waals surface area contributed by atoms with Crippen molar-refractivity contribution in [1.29, 1.82) is 0 Å². The summed E-state index contributed by atoms with van der Waals surface area (Å²) in [6.07, 6.45) is 5.21. The number of hydrogen-bond donors (Lipinski definition) is 3. The Labute approximate surface area is 326 Å². The summed E-state index contributed by atoms with van der Waals surface area (Å²) in [6.45, 7) is 13.4. The third-order valence-electron chi connectivity index (χ3n) is 11.5. The first-order chi connectivity index (χ1) is 26.3. The largest absolute Gasteiger partial charge is 0.454 e. The molecule has 1 aromatic rings. The molecule has 3 fully saturated rings. The van der Waals surface area contributed by atoms with E-state index < -0.39 is 85.7 Å². The molecular weight excluding hydrogens is 747 g/mol. The minimum Gasteiger partial charge on any atom is -0.454 e. The maximum Gasteiger partial charge on any atom is 0.410 e. The molecule has 7 rings (SSSR count).